The Morgan fingerprint density at radius 1 is 1.52 bits per heavy atom. The minimum atomic E-state index is -0.318. The molecule has 0 spiro atoms. The first-order valence-electron chi connectivity index (χ1n) is 8.29. The molecule has 2 N–H and O–H groups in total. The number of nitrogens with zero attached hydrogens (tertiary/aromatic N) is 5. The van der Waals surface area contributed by atoms with Crippen LogP contribution in [0.4, 0.5) is 4.39 Å². The summed E-state index contributed by atoms with van der Waals surface area (Å²) in [4.78, 5) is 7.53. The van der Waals surface area contributed by atoms with Gasteiger partial charge in [-0.05, 0) is 38.1 Å². The number of likely N-dealkylation sites (tertiary alicyclic amines) is 1. The number of aliphatic imine (C=N–C) groups is 1. The Kier molecular flexibility index (Phi) is 5.14. The van der Waals surface area contributed by atoms with E-state index in [1.807, 2.05) is 6.19 Å². The molecule has 1 aliphatic rings. The Morgan fingerprint density at radius 3 is 2.96 bits per heavy atom. The summed E-state index contributed by atoms with van der Waals surface area (Å²) in [5.41, 5.74) is 7.09. The Hall–Kier alpha value is -2.66. The van der Waals surface area contributed by atoms with Gasteiger partial charge in [0.25, 0.3) is 0 Å². The van der Waals surface area contributed by atoms with E-state index in [0.29, 0.717) is 18.0 Å². The van der Waals surface area contributed by atoms with Gasteiger partial charge in [-0.1, -0.05) is 5.16 Å². The van der Waals surface area contributed by atoms with Gasteiger partial charge in [-0.2, -0.15) is 5.26 Å². The van der Waals surface area contributed by atoms with Gasteiger partial charge < -0.3 is 15.2 Å². The number of benzene rings is 1. The number of hydrogen-bond donors (Lipinski definition) is 1. The topological polar surface area (TPSA) is 94.7 Å². The number of guanidine groups is 1. The molecule has 1 aliphatic heterocycles. The lowest BCUT2D eigenvalue weighted by molar-refractivity contribution is 0.202. The van der Waals surface area contributed by atoms with Gasteiger partial charge in [-0.3, -0.25) is 4.99 Å². The first-order chi connectivity index (χ1) is 12.1. The summed E-state index contributed by atoms with van der Waals surface area (Å²) < 4.78 is 18.5. The van der Waals surface area contributed by atoms with Crippen molar-refractivity contribution in [2.45, 2.75) is 18.8 Å². The van der Waals surface area contributed by atoms with Crippen molar-refractivity contribution < 1.29 is 8.91 Å². The molecule has 2 heterocycles. The van der Waals surface area contributed by atoms with Crippen molar-refractivity contribution in [3.05, 3.63) is 29.7 Å². The molecule has 7 nitrogen and oxygen atoms in total. The van der Waals surface area contributed by atoms with E-state index in [-0.39, 0.29) is 11.8 Å². The van der Waals surface area contributed by atoms with Crippen LogP contribution in [0.15, 0.2) is 27.7 Å². The zero-order valence-corrected chi connectivity index (χ0v) is 14.2. The molecule has 0 aliphatic carbocycles. The highest BCUT2D eigenvalue weighted by atomic mass is 19.1. The van der Waals surface area contributed by atoms with E-state index in [1.165, 1.54) is 17.0 Å². The summed E-state index contributed by atoms with van der Waals surface area (Å²) >= 11 is 0. The first kappa shape index (κ1) is 17.2. The van der Waals surface area contributed by atoms with Gasteiger partial charge in [0.05, 0.1) is 5.69 Å². The van der Waals surface area contributed by atoms with Gasteiger partial charge in [0.2, 0.25) is 5.96 Å². The number of piperidine rings is 1. The molecule has 0 radical (unpaired) electrons. The molecule has 0 atom stereocenters. The summed E-state index contributed by atoms with van der Waals surface area (Å²) in [6.07, 6.45) is 3.94. The number of nitrogens with two attached hydrogens (primary N) is 1. The van der Waals surface area contributed by atoms with Crippen LogP contribution in [-0.2, 0) is 0 Å². The summed E-state index contributed by atoms with van der Waals surface area (Å²) in [5, 5.41) is 14.1. The fraction of sp³-hybridized carbons (Fsp3) is 0.471. The first-order valence-corrected chi connectivity index (χ1v) is 8.29. The number of aromatic nitrogens is 1. The molecule has 0 unspecified atom stereocenters. The van der Waals surface area contributed by atoms with Crippen LogP contribution in [0.5, 0.6) is 0 Å². The van der Waals surface area contributed by atoms with Gasteiger partial charge in [-0.15, -0.1) is 0 Å². The Labute approximate surface area is 145 Å². The van der Waals surface area contributed by atoms with Crippen LogP contribution < -0.4 is 5.73 Å². The average molecular weight is 344 g/mol. The molecule has 1 saturated heterocycles. The van der Waals surface area contributed by atoms with Crippen molar-refractivity contribution in [3.8, 4) is 6.19 Å². The fourth-order valence-electron chi connectivity index (χ4n) is 3.23. The number of rotatable bonds is 4. The number of hydrogen-bond acceptors (Lipinski definition) is 5. The highest BCUT2D eigenvalue weighted by Crippen LogP contribution is 2.32. The van der Waals surface area contributed by atoms with Crippen LogP contribution in [0.25, 0.3) is 11.0 Å². The minimum absolute atomic E-state index is 0.235. The molecular weight excluding hydrogens is 323 g/mol. The summed E-state index contributed by atoms with van der Waals surface area (Å²) in [5.74, 6) is 0.220. The third-order valence-electron chi connectivity index (χ3n) is 4.70. The molecular formula is C17H21FN6O. The minimum Gasteiger partial charge on any atom is -0.369 e. The third kappa shape index (κ3) is 3.72. The van der Waals surface area contributed by atoms with E-state index >= 15 is 0 Å². The Morgan fingerprint density at radius 2 is 2.28 bits per heavy atom. The smallest absolute Gasteiger partial charge is 0.204 e. The molecule has 132 valence electrons. The largest absolute Gasteiger partial charge is 0.369 e. The molecule has 0 saturated carbocycles. The zero-order chi connectivity index (χ0) is 17.8. The second-order valence-electron chi connectivity index (χ2n) is 6.16. The molecule has 0 amide bonds. The van der Waals surface area contributed by atoms with Gasteiger partial charge in [0.15, 0.2) is 11.8 Å². The predicted molar refractivity (Wildman–Crippen MR) is 92.2 cm³/mol. The normalized spacial score (nSPS) is 16.9. The zero-order valence-electron chi connectivity index (χ0n) is 14.2. The van der Waals surface area contributed by atoms with Crippen molar-refractivity contribution >= 4 is 16.9 Å². The van der Waals surface area contributed by atoms with Gasteiger partial charge in [-0.25, -0.2) is 9.29 Å². The maximum atomic E-state index is 13.3. The van der Waals surface area contributed by atoms with Gasteiger partial charge in [0.1, 0.15) is 5.82 Å². The number of nitriles is 1. The maximum absolute atomic E-state index is 13.3. The second kappa shape index (κ2) is 7.49. The summed E-state index contributed by atoms with van der Waals surface area (Å²) in [6, 6.07) is 4.55. The standard InChI is InChI=1S/C17H21FN6O/c1-21-17(20)24(11-19)9-8-23-6-4-12(5-7-23)16-14-3-2-13(18)10-15(14)25-22-16/h2-3,10,12H,4-9H2,1H3,(H2,20,21). The molecule has 25 heavy (non-hydrogen) atoms. The molecule has 2 aromatic rings. The Balaban J connectivity index is 1.57. The highest BCUT2D eigenvalue weighted by Gasteiger charge is 2.25. The molecule has 1 fully saturated rings. The number of halogens is 1. The Bertz CT molecular complexity index is 803. The maximum Gasteiger partial charge on any atom is 0.204 e. The average Bonchev–Trinajstić information content (AvgIpc) is 3.05. The van der Waals surface area contributed by atoms with Gasteiger partial charge in [0, 0.05) is 37.5 Å². The van der Waals surface area contributed by atoms with Crippen LogP contribution in [0.3, 0.4) is 0 Å². The van der Waals surface area contributed by atoms with Crippen molar-refractivity contribution in [2.75, 3.05) is 33.2 Å². The highest BCUT2D eigenvalue weighted by molar-refractivity contribution is 5.80. The van der Waals surface area contributed by atoms with E-state index in [4.69, 9.17) is 15.5 Å². The van der Waals surface area contributed by atoms with Crippen LogP contribution in [0.1, 0.15) is 24.5 Å². The van der Waals surface area contributed by atoms with Crippen LogP contribution >= 0.6 is 0 Å². The van der Waals surface area contributed by atoms with Crippen LogP contribution in [0, 0.1) is 17.3 Å². The fourth-order valence-corrected chi connectivity index (χ4v) is 3.23. The van der Waals surface area contributed by atoms with E-state index in [9.17, 15) is 4.39 Å². The quantitative estimate of drug-likeness (QED) is 0.394. The van der Waals surface area contributed by atoms with E-state index in [0.717, 1.165) is 43.6 Å². The van der Waals surface area contributed by atoms with E-state index in [1.54, 1.807) is 13.1 Å². The molecule has 1 aromatic carbocycles. The lowest BCUT2D eigenvalue weighted by Gasteiger charge is -2.31. The van der Waals surface area contributed by atoms with Crippen molar-refractivity contribution in [1.82, 2.24) is 15.0 Å². The third-order valence-corrected chi connectivity index (χ3v) is 4.70. The molecule has 3 rings (SSSR count). The lowest BCUT2D eigenvalue weighted by Crippen LogP contribution is -2.42. The molecule has 1 aromatic heterocycles. The predicted octanol–water partition coefficient (Wildman–Crippen LogP) is 1.87. The molecule has 0 bridgehead atoms. The SMILES string of the molecule is CN=C(N)N(C#N)CCN1CCC(c2noc3cc(F)ccc23)CC1. The summed E-state index contributed by atoms with van der Waals surface area (Å²) in [7, 11) is 1.57. The number of fused-ring (bicyclic) bond motifs is 1. The van der Waals surface area contributed by atoms with Crippen molar-refractivity contribution in [1.29, 1.82) is 5.26 Å². The van der Waals surface area contributed by atoms with Crippen LogP contribution in [-0.4, -0.2) is 54.1 Å². The van der Waals surface area contributed by atoms with E-state index in [2.05, 4.69) is 15.0 Å². The van der Waals surface area contributed by atoms with Crippen molar-refractivity contribution in [3.63, 3.8) is 0 Å². The van der Waals surface area contributed by atoms with Crippen molar-refractivity contribution in [2.24, 2.45) is 10.7 Å². The van der Waals surface area contributed by atoms with Crippen LogP contribution in [0.2, 0.25) is 0 Å². The lowest BCUT2D eigenvalue weighted by atomic mass is 9.91. The second-order valence-corrected chi connectivity index (χ2v) is 6.16. The van der Waals surface area contributed by atoms with E-state index < -0.39 is 0 Å². The van der Waals surface area contributed by atoms with Gasteiger partial charge >= 0.3 is 0 Å². The monoisotopic (exact) mass is 344 g/mol. The molecule has 8 heteroatoms. The summed E-state index contributed by atoms with van der Waals surface area (Å²) in [6.45, 7) is 3.09.